The second kappa shape index (κ2) is 19.6. The Kier molecular flexibility index (Phi) is 14.6. The maximum atomic E-state index is 13.0. The number of hydrogen-bond donors (Lipinski definition) is 0. The molecule has 50 heavy (non-hydrogen) atoms. The van der Waals surface area contributed by atoms with E-state index in [1.807, 2.05) is 24.3 Å². The van der Waals surface area contributed by atoms with Crippen molar-refractivity contribution in [1.29, 1.82) is 0 Å². The van der Waals surface area contributed by atoms with E-state index in [4.69, 9.17) is 23.7 Å². The molecule has 4 aromatic carbocycles. The van der Waals surface area contributed by atoms with Gasteiger partial charge in [-0.15, -0.1) is 0 Å². The lowest BCUT2D eigenvalue weighted by Gasteiger charge is -2.12. The third-order valence-corrected chi connectivity index (χ3v) is 7.70. The molecule has 0 unspecified atom stereocenters. The molecule has 0 aliphatic rings. The Morgan fingerprint density at radius 2 is 1.22 bits per heavy atom. The molecule has 0 fully saturated rings. The quantitative estimate of drug-likeness (QED) is 0.0296. The lowest BCUT2D eigenvalue weighted by Crippen LogP contribution is -2.14. The smallest absolute Gasteiger partial charge is 0.343 e. The van der Waals surface area contributed by atoms with Gasteiger partial charge in [-0.2, -0.15) is 0 Å². The van der Waals surface area contributed by atoms with Gasteiger partial charge in [0.1, 0.15) is 22.8 Å². The second-order valence-electron chi connectivity index (χ2n) is 10.7. The zero-order valence-corrected chi connectivity index (χ0v) is 29.6. The van der Waals surface area contributed by atoms with Crippen molar-refractivity contribution in [2.75, 3.05) is 19.8 Å². The summed E-state index contributed by atoms with van der Waals surface area (Å²) >= 11 is 2.13. The maximum Gasteiger partial charge on any atom is 0.343 e. The highest BCUT2D eigenvalue weighted by Gasteiger charge is 2.20. The molecule has 0 saturated heterocycles. The fraction of sp³-hybridized carbons (Fsp3) is 0.200. The minimum atomic E-state index is -0.731. The van der Waals surface area contributed by atoms with Gasteiger partial charge in [0.25, 0.3) is 0 Å². The molecule has 0 N–H and O–H groups in total. The van der Waals surface area contributed by atoms with Gasteiger partial charge in [-0.25, -0.2) is 19.2 Å². The van der Waals surface area contributed by atoms with E-state index in [2.05, 4.69) is 41.0 Å². The third kappa shape index (κ3) is 11.9. The molecule has 4 rings (SSSR count). The van der Waals surface area contributed by atoms with Crippen LogP contribution in [0.2, 0.25) is 0 Å². The van der Waals surface area contributed by atoms with Crippen LogP contribution in [0.4, 0.5) is 0 Å². The first-order valence-corrected chi connectivity index (χ1v) is 17.0. The minimum Gasteiger partial charge on any atom is -0.494 e. The lowest BCUT2D eigenvalue weighted by molar-refractivity contribution is -0.137. The first kappa shape index (κ1) is 37.4. The Morgan fingerprint density at radius 3 is 1.84 bits per heavy atom. The number of carbonyl (C=O) groups excluding carboxylic acids is 4. The van der Waals surface area contributed by atoms with Gasteiger partial charge in [-0.05, 0) is 146 Å². The highest BCUT2D eigenvalue weighted by Crippen LogP contribution is 2.27. The Labute approximate surface area is 304 Å². The first-order chi connectivity index (χ1) is 24.2. The summed E-state index contributed by atoms with van der Waals surface area (Å²) in [5, 5.41) is 0. The van der Waals surface area contributed by atoms with Crippen LogP contribution in [0.5, 0.6) is 17.2 Å². The van der Waals surface area contributed by atoms with E-state index in [0.717, 1.165) is 46.6 Å². The van der Waals surface area contributed by atoms with Crippen molar-refractivity contribution < 1.29 is 42.9 Å². The van der Waals surface area contributed by atoms with Crippen LogP contribution >= 0.6 is 22.6 Å². The monoisotopic (exact) mass is 786 g/mol. The predicted molar refractivity (Wildman–Crippen MR) is 195 cm³/mol. The summed E-state index contributed by atoms with van der Waals surface area (Å²) in [6, 6.07) is 25.0. The maximum absolute atomic E-state index is 13.0. The summed E-state index contributed by atoms with van der Waals surface area (Å²) < 4.78 is 27.9. The van der Waals surface area contributed by atoms with E-state index < -0.39 is 23.9 Å². The van der Waals surface area contributed by atoms with Crippen molar-refractivity contribution in [1.82, 2.24) is 0 Å². The predicted octanol–water partition coefficient (Wildman–Crippen LogP) is 7.97. The molecule has 4 aromatic rings. The van der Waals surface area contributed by atoms with Gasteiger partial charge in [-0.1, -0.05) is 18.4 Å². The molecule has 256 valence electrons. The van der Waals surface area contributed by atoms with Crippen LogP contribution in [-0.4, -0.2) is 43.7 Å². The average Bonchev–Trinajstić information content (AvgIpc) is 3.13. The number of unbranched alkanes of at least 4 members (excludes halogenated alkanes) is 3. The van der Waals surface area contributed by atoms with Crippen molar-refractivity contribution in [3.05, 3.63) is 135 Å². The molecule has 0 aromatic heterocycles. The van der Waals surface area contributed by atoms with Crippen molar-refractivity contribution in [3.63, 3.8) is 0 Å². The largest absolute Gasteiger partial charge is 0.494 e. The summed E-state index contributed by atoms with van der Waals surface area (Å²) in [5.74, 6) is 4.56. The fourth-order valence-electron chi connectivity index (χ4n) is 4.39. The number of esters is 4. The van der Waals surface area contributed by atoms with E-state index in [1.165, 1.54) is 18.2 Å². The van der Waals surface area contributed by atoms with Gasteiger partial charge in [-0.3, -0.25) is 0 Å². The molecule has 9 nitrogen and oxygen atoms in total. The van der Waals surface area contributed by atoms with Crippen LogP contribution in [-0.2, 0) is 14.3 Å². The number of benzene rings is 4. The summed E-state index contributed by atoms with van der Waals surface area (Å²) in [7, 11) is 0. The fourth-order valence-corrected chi connectivity index (χ4v) is 4.75. The van der Waals surface area contributed by atoms with Crippen LogP contribution in [0.3, 0.4) is 0 Å². The molecule has 0 spiro atoms. The van der Waals surface area contributed by atoms with Gasteiger partial charge >= 0.3 is 23.9 Å². The Balaban J connectivity index is 1.30. The summed E-state index contributed by atoms with van der Waals surface area (Å²) in [5.41, 5.74) is 2.02. The Bertz CT molecular complexity index is 1850. The van der Waals surface area contributed by atoms with Gasteiger partial charge in [0, 0.05) is 20.8 Å². The van der Waals surface area contributed by atoms with E-state index >= 15 is 0 Å². The molecule has 0 bridgehead atoms. The van der Waals surface area contributed by atoms with Gasteiger partial charge in [0.15, 0.2) is 0 Å². The van der Waals surface area contributed by atoms with E-state index in [9.17, 15) is 19.2 Å². The number of carbonyl (C=O) groups is 4. The van der Waals surface area contributed by atoms with E-state index in [1.54, 1.807) is 55.5 Å². The Hall–Kier alpha value is -5.41. The summed E-state index contributed by atoms with van der Waals surface area (Å²) in [6.07, 6.45) is 4.79. The van der Waals surface area contributed by atoms with Crippen LogP contribution in [0.1, 0.15) is 74.8 Å². The Morgan fingerprint density at radius 1 is 0.660 bits per heavy atom. The minimum absolute atomic E-state index is 0.0393. The molecular formula is C40H35IO9. The lowest BCUT2D eigenvalue weighted by atomic mass is 10.1. The molecule has 0 saturated carbocycles. The van der Waals surface area contributed by atoms with Crippen molar-refractivity contribution in [2.45, 2.75) is 32.6 Å². The normalized spacial score (nSPS) is 10.2. The highest BCUT2D eigenvalue weighted by molar-refractivity contribution is 14.1. The molecule has 0 heterocycles. The standard InChI is InChI=1S/C40H35IO9/c1-3-37(42)48-26-8-6-5-7-25-47-33-21-13-29(14-22-33)10-9-28-11-15-30(16-12-28)39(44)50-36-24-23-34(27-35(36)40(45)46-4-2)49-38(43)31-17-19-32(41)20-18-31/h3,11-24,27H,1,4-8,25-26H2,2H3. The average molecular weight is 787 g/mol. The molecule has 10 heteroatoms. The topological polar surface area (TPSA) is 114 Å². The summed E-state index contributed by atoms with van der Waals surface area (Å²) in [4.78, 5) is 49.3. The summed E-state index contributed by atoms with van der Waals surface area (Å²) in [6.45, 7) is 6.11. The van der Waals surface area contributed by atoms with Crippen molar-refractivity contribution >= 4 is 46.5 Å². The van der Waals surface area contributed by atoms with Crippen LogP contribution in [0, 0.1) is 15.4 Å². The number of halogens is 1. The van der Waals surface area contributed by atoms with Crippen molar-refractivity contribution in [3.8, 4) is 29.1 Å². The molecule has 0 aliphatic heterocycles. The molecule has 0 aliphatic carbocycles. The second-order valence-corrected chi connectivity index (χ2v) is 11.9. The number of ether oxygens (including phenoxy) is 5. The van der Waals surface area contributed by atoms with E-state index in [-0.39, 0.29) is 29.2 Å². The van der Waals surface area contributed by atoms with Crippen LogP contribution in [0.25, 0.3) is 0 Å². The molecule has 0 radical (unpaired) electrons. The van der Waals surface area contributed by atoms with Gasteiger partial charge in [0.05, 0.1) is 30.9 Å². The highest BCUT2D eigenvalue weighted by atomic mass is 127. The SMILES string of the molecule is C=CC(=O)OCCCCCCOc1ccc(C#Cc2ccc(C(=O)Oc3ccc(OC(=O)c4ccc(I)cc4)cc3C(=O)OCC)cc2)cc1. The molecular weight excluding hydrogens is 751 g/mol. The first-order valence-electron chi connectivity index (χ1n) is 15.9. The number of rotatable bonds is 15. The molecule has 0 amide bonds. The van der Waals surface area contributed by atoms with Gasteiger partial charge in [0.2, 0.25) is 0 Å². The molecule has 0 atom stereocenters. The van der Waals surface area contributed by atoms with Gasteiger partial charge < -0.3 is 23.7 Å². The van der Waals surface area contributed by atoms with Crippen LogP contribution < -0.4 is 14.2 Å². The van der Waals surface area contributed by atoms with E-state index in [0.29, 0.717) is 24.3 Å². The van der Waals surface area contributed by atoms with Crippen LogP contribution in [0.15, 0.2) is 104 Å². The zero-order chi connectivity index (χ0) is 35.7. The third-order valence-electron chi connectivity index (χ3n) is 6.98. The van der Waals surface area contributed by atoms with Crippen molar-refractivity contribution in [2.24, 2.45) is 0 Å². The zero-order valence-electron chi connectivity index (χ0n) is 27.4. The number of hydrogen-bond acceptors (Lipinski definition) is 9.